The number of rotatable bonds is 3. The van der Waals surface area contributed by atoms with Crippen LogP contribution in [0.25, 0.3) is 0 Å². The third-order valence-corrected chi connectivity index (χ3v) is 3.97. The lowest BCUT2D eigenvalue weighted by molar-refractivity contribution is -0.137. The fraction of sp³-hybridized carbons (Fsp3) is 0.571. The number of anilines is 1. The second-order valence-corrected chi connectivity index (χ2v) is 5.58. The molecule has 1 saturated heterocycles. The van der Waals surface area contributed by atoms with E-state index in [2.05, 4.69) is 15.3 Å². The van der Waals surface area contributed by atoms with Gasteiger partial charge in [0.2, 0.25) is 17.8 Å². The minimum absolute atomic E-state index is 0.137. The van der Waals surface area contributed by atoms with E-state index in [0.29, 0.717) is 24.4 Å². The molecule has 0 bridgehead atoms. The zero-order valence-corrected chi connectivity index (χ0v) is 13.1. The van der Waals surface area contributed by atoms with Crippen molar-refractivity contribution in [1.29, 1.82) is 0 Å². The summed E-state index contributed by atoms with van der Waals surface area (Å²) in [5.74, 6) is -0.151. The van der Waals surface area contributed by atoms with Crippen molar-refractivity contribution in [3.63, 3.8) is 0 Å². The van der Waals surface area contributed by atoms with Crippen LogP contribution in [0.3, 0.4) is 0 Å². The van der Waals surface area contributed by atoms with Gasteiger partial charge in [0.25, 0.3) is 0 Å². The Kier molecular flexibility index (Phi) is 4.60. The quantitative estimate of drug-likeness (QED) is 0.650. The largest absolute Gasteiger partial charge is 0.368 e. The van der Waals surface area contributed by atoms with Crippen LogP contribution < -0.4 is 16.8 Å². The molecule has 2 amide bonds. The number of hydrogen-bond donors (Lipinski definition) is 3. The Labute approximate surface area is 129 Å². The van der Waals surface area contributed by atoms with E-state index in [9.17, 15) is 9.59 Å². The van der Waals surface area contributed by atoms with E-state index in [0.717, 1.165) is 5.56 Å². The Morgan fingerprint density at radius 2 is 1.91 bits per heavy atom. The van der Waals surface area contributed by atoms with Crippen LogP contribution in [0.15, 0.2) is 0 Å². The molecule has 1 fully saturated rings. The first-order valence-corrected chi connectivity index (χ1v) is 7.19. The van der Waals surface area contributed by atoms with Gasteiger partial charge in [0, 0.05) is 36.6 Å². The molecular formula is C14H22N6O2. The summed E-state index contributed by atoms with van der Waals surface area (Å²) >= 11 is 0. The van der Waals surface area contributed by atoms with Crippen LogP contribution in [0.5, 0.6) is 0 Å². The summed E-state index contributed by atoms with van der Waals surface area (Å²) in [6.45, 7) is 3.96. The van der Waals surface area contributed by atoms with E-state index in [1.54, 1.807) is 25.8 Å². The summed E-state index contributed by atoms with van der Waals surface area (Å²) in [5, 5.41) is 2.58. The maximum absolute atomic E-state index is 12.6. The number of likely N-dealkylation sites (tertiary alicyclic amines) is 1. The minimum atomic E-state index is -0.511. The molecule has 2 rings (SSSR count). The van der Waals surface area contributed by atoms with Gasteiger partial charge < -0.3 is 21.7 Å². The van der Waals surface area contributed by atoms with Crippen LogP contribution in [0.4, 0.5) is 5.95 Å². The monoisotopic (exact) mass is 306 g/mol. The van der Waals surface area contributed by atoms with Crippen LogP contribution in [0.1, 0.15) is 23.4 Å². The number of nitrogens with two attached hydrogens (primary N) is 2. The highest BCUT2D eigenvalue weighted by Crippen LogP contribution is 2.20. The number of aromatic nitrogens is 2. The number of nitrogens with zero attached hydrogens (tertiary/aromatic N) is 3. The van der Waals surface area contributed by atoms with Crippen LogP contribution in [0, 0.1) is 13.8 Å². The summed E-state index contributed by atoms with van der Waals surface area (Å²) in [4.78, 5) is 34.2. The summed E-state index contributed by atoms with van der Waals surface area (Å²) in [5.41, 5.74) is 13.6. The highest BCUT2D eigenvalue weighted by molar-refractivity contribution is 5.89. The predicted molar refractivity (Wildman–Crippen MR) is 81.8 cm³/mol. The topological polar surface area (TPSA) is 127 Å². The van der Waals surface area contributed by atoms with Gasteiger partial charge in [0.1, 0.15) is 6.04 Å². The number of carbonyl (C=O) groups is 2. The van der Waals surface area contributed by atoms with Crippen molar-refractivity contribution in [2.75, 3.05) is 19.3 Å². The van der Waals surface area contributed by atoms with Gasteiger partial charge >= 0.3 is 0 Å². The highest BCUT2D eigenvalue weighted by atomic mass is 16.2. The van der Waals surface area contributed by atoms with Gasteiger partial charge in [0.05, 0.1) is 6.42 Å². The van der Waals surface area contributed by atoms with Crippen LogP contribution in [0.2, 0.25) is 0 Å². The standard InChI is InChI=1S/C14H22N6O2/c1-7-10(8(2)19-14(16)18-7)5-12(21)20-6-9(15)4-11(20)13(22)17-3/h9,11H,4-6,15H2,1-3H3,(H,17,22)(H2,16,18,19)/t9-,11-/m0/s1. The number of aryl methyl sites for hydroxylation is 2. The number of nitrogens with one attached hydrogen (secondary N) is 1. The fourth-order valence-electron chi connectivity index (χ4n) is 2.83. The minimum Gasteiger partial charge on any atom is -0.368 e. The molecule has 1 aromatic rings. The third kappa shape index (κ3) is 3.16. The molecule has 0 spiro atoms. The molecule has 120 valence electrons. The molecule has 0 aliphatic carbocycles. The second kappa shape index (κ2) is 6.27. The molecule has 1 aliphatic heterocycles. The zero-order chi connectivity index (χ0) is 16.4. The molecule has 0 radical (unpaired) electrons. The normalized spacial score (nSPS) is 21.0. The van der Waals surface area contributed by atoms with Crippen molar-refractivity contribution in [3.8, 4) is 0 Å². The average Bonchev–Trinajstić information content (AvgIpc) is 2.83. The molecule has 2 heterocycles. The summed E-state index contributed by atoms with van der Waals surface area (Å²) < 4.78 is 0. The van der Waals surface area contributed by atoms with Crippen molar-refractivity contribution < 1.29 is 9.59 Å². The Bertz CT molecular complexity index is 580. The number of carbonyl (C=O) groups excluding carboxylic acids is 2. The van der Waals surface area contributed by atoms with E-state index in [1.807, 2.05) is 0 Å². The fourth-order valence-corrected chi connectivity index (χ4v) is 2.83. The van der Waals surface area contributed by atoms with Crippen molar-refractivity contribution in [3.05, 3.63) is 17.0 Å². The van der Waals surface area contributed by atoms with E-state index >= 15 is 0 Å². The highest BCUT2D eigenvalue weighted by Gasteiger charge is 2.37. The van der Waals surface area contributed by atoms with Gasteiger partial charge in [-0.25, -0.2) is 9.97 Å². The lowest BCUT2D eigenvalue weighted by atomic mass is 10.1. The zero-order valence-electron chi connectivity index (χ0n) is 13.1. The molecule has 8 heteroatoms. The second-order valence-electron chi connectivity index (χ2n) is 5.58. The molecular weight excluding hydrogens is 284 g/mol. The number of likely N-dealkylation sites (N-methyl/N-ethyl adjacent to an activating group) is 1. The van der Waals surface area contributed by atoms with Gasteiger partial charge in [-0.15, -0.1) is 0 Å². The average molecular weight is 306 g/mol. The van der Waals surface area contributed by atoms with Crippen molar-refractivity contribution in [1.82, 2.24) is 20.2 Å². The molecule has 2 atom stereocenters. The van der Waals surface area contributed by atoms with Gasteiger partial charge in [-0.1, -0.05) is 0 Å². The Morgan fingerprint density at radius 1 is 1.32 bits per heavy atom. The van der Waals surface area contributed by atoms with Gasteiger partial charge in [-0.3, -0.25) is 9.59 Å². The first-order valence-electron chi connectivity index (χ1n) is 7.19. The van der Waals surface area contributed by atoms with Gasteiger partial charge in [-0.2, -0.15) is 0 Å². The summed E-state index contributed by atoms with van der Waals surface area (Å²) in [7, 11) is 1.55. The smallest absolute Gasteiger partial charge is 0.242 e. The maximum Gasteiger partial charge on any atom is 0.242 e. The maximum atomic E-state index is 12.6. The SMILES string of the molecule is CNC(=O)[C@@H]1C[C@H](N)CN1C(=O)Cc1c(C)nc(N)nc1C. The molecule has 1 aromatic heterocycles. The molecule has 22 heavy (non-hydrogen) atoms. The van der Waals surface area contributed by atoms with Gasteiger partial charge in [-0.05, 0) is 20.3 Å². The van der Waals surface area contributed by atoms with Crippen LogP contribution in [-0.2, 0) is 16.0 Å². The van der Waals surface area contributed by atoms with Crippen molar-refractivity contribution in [2.45, 2.75) is 38.8 Å². The lowest BCUT2D eigenvalue weighted by Gasteiger charge is -2.23. The summed E-state index contributed by atoms with van der Waals surface area (Å²) in [6.07, 6.45) is 0.611. The van der Waals surface area contributed by atoms with Gasteiger partial charge in [0.15, 0.2) is 0 Å². The molecule has 0 aromatic carbocycles. The van der Waals surface area contributed by atoms with Crippen LogP contribution in [-0.4, -0.2) is 52.4 Å². The van der Waals surface area contributed by atoms with Crippen molar-refractivity contribution >= 4 is 17.8 Å². The van der Waals surface area contributed by atoms with E-state index in [-0.39, 0.29) is 30.2 Å². The first-order chi connectivity index (χ1) is 10.3. The van der Waals surface area contributed by atoms with Crippen molar-refractivity contribution in [2.24, 2.45) is 5.73 Å². The Morgan fingerprint density at radius 3 is 2.45 bits per heavy atom. The van der Waals surface area contributed by atoms with E-state index < -0.39 is 6.04 Å². The number of hydrogen-bond acceptors (Lipinski definition) is 6. The predicted octanol–water partition coefficient (Wildman–Crippen LogP) is -1.11. The Hall–Kier alpha value is -2.22. The molecule has 0 saturated carbocycles. The van der Waals surface area contributed by atoms with E-state index in [1.165, 1.54) is 0 Å². The Balaban J connectivity index is 2.20. The summed E-state index contributed by atoms with van der Waals surface area (Å²) in [6, 6.07) is -0.695. The molecule has 5 N–H and O–H groups in total. The number of amides is 2. The molecule has 1 aliphatic rings. The number of nitrogen functional groups attached to an aromatic ring is 1. The lowest BCUT2D eigenvalue weighted by Crippen LogP contribution is -2.45. The third-order valence-electron chi connectivity index (χ3n) is 3.97. The first kappa shape index (κ1) is 16.2. The molecule has 0 unspecified atom stereocenters. The molecule has 8 nitrogen and oxygen atoms in total. The van der Waals surface area contributed by atoms with Crippen LogP contribution >= 0.6 is 0 Å². The van der Waals surface area contributed by atoms with E-state index in [4.69, 9.17) is 11.5 Å².